The molecule has 2 N–H and O–H groups in total. The number of fused-ring (bicyclic) bond motifs is 2. The van der Waals surface area contributed by atoms with Gasteiger partial charge in [0.1, 0.15) is 5.75 Å². The molecule has 0 saturated heterocycles. The number of aliphatic hydroxyl groups is 1. The predicted molar refractivity (Wildman–Crippen MR) is 131 cm³/mol. The van der Waals surface area contributed by atoms with E-state index >= 15 is 0 Å². The van der Waals surface area contributed by atoms with Gasteiger partial charge in [0.2, 0.25) is 5.91 Å². The highest BCUT2D eigenvalue weighted by atomic mass is 16.7. The summed E-state index contributed by atoms with van der Waals surface area (Å²) in [5, 5.41) is 20.7. The number of carbonyl (C=O) groups is 1. The lowest BCUT2D eigenvalue weighted by Crippen LogP contribution is -2.55. The van der Waals surface area contributed by atoms with Crippen molar-refractivity contribution in [2.45, 2.75) is 17.7 Å². The summed E-state index contributed by atoms with van der Waals surface area (Å²) < 4.78 is 12.1. The number of phenols is 1. The molecule has 0 spiro atoms. The van der Waals surface area contributed by atoms with Gasteiger partial charge < -0.3 is 19.7 Å². The van der Waals surface area contributed by atoms with Crippen molar-refractivity contribution in [3.8, 4) is 17.2 Å². The smallest absolute Gasteiger partial charge is 0.262 e. The first-order valence-electron chi connectivity index (χ1n) is 11.4. The maximum absolute atomic E-state index is 14.5. The summed E-state index contributed by atoms with van der Waals surface area (Å²) in [6.45, 7) is -0.514. The maximum Gasteiger partial charge on any atom is 0.262 e. The summed E-state index contributed by atoms with van der Waals surface area (Å²) in [5.74, 6) is 0.446. The first kappa shape index (κ1) is 21.3. The van der Waals surface area contributed by atoms with Gasteiger partial charge in [0, 0.05) is 17.3 Å². The third-order valence-electron chi connectivity index (χ3n) is 6.78. The molecule has 2 heterocycles. The van der Waals surface area contributed by atoms with Gasteiger partial charge in [0.25, 0.3) is 6.29 Å². The van der Waals surface area contributed by atoms with Crippen molar-refractivity contribution in [3.63, 3.8) is 0 Å². The Labute approximate surface area is 202 Å². The van der Waals surface area contributed by atoms with E-state index in [2.05, 4.69) is 0 Å². The number of hydrogen-bond donors (Lipinski definition) is 2. The van der Waals surface area contributed by atoms with Crippen LogP contribution < -0.4 is 14.4 Å². The number of aliphatic hydroxyl groups excluding tert-OH is 1. The van der Waals surface area contributed by atoms with E-state index < -0.39 is 24.4 Å². The van der Waals surface area contributed by atoms with Crippen LogP contribution >= 0.6 is 0 Å². The highest BCUT2D eigenvalue weighted by Crippen LogP contribution is 2.52. The van der Waals surface area contributed by atoms with Gasteiger partial charge in [-0.05, 0) is 29.3 Å². The summed E-state index contributed by atoms with van der Waals surface area (Å²) in [4.78, 5) is 16.2. The van der Waals surface area contributed by atoms with E-state index in [1.807, 2.05) is 84.9 Å². The molecule has 0 aliphatic carbocycles. The molecule has 0 aromatic heterocycles. The number of anilines is 1. The Morgan fingerprint density at radius 3 is 2.06 bits per heavy atom. The zero-order valence-corrected chi connectivity index (χ0v) is 18.7. The molecule has 0 radical (unpaired) electrons. The number of carbonyl (C=O) groups excluding carboxylic acids is 1. The fourth-order valence-corrected chi connectivity index (χ4v) is 5.12. The Morgan fingerprint density at radius 1 is 0.800 bits per heavy atom. The van der Waals surface area contributed by atoms with E-state index in [1.54, 1.807) is 11.0 Å². The van der Waals surface area contributed by atoms with Crippen molar-refractivity contribution < 1.29 is 24.5 Å². The van der Waals surface area contributed by atoms with Crippen LogP contribution in [0.15, 0.2) is 103 Å². The molecule has 174 valence electrons. The van der Waals surface area contributed by atoms with Gasteiger partial charge in [-0.25, -0.2) is 0 Å². The molecule has 0 bridgehead atoms. The van der Waals surface area contributed by atoms with Crippen molar-refractivity contribution in [1.82, 2.24) is 0 Å². The number of hydrogen-bond acceptors (Lipinski definition) is 5. The van der Waals surface area contributed by atoms with Crippen LogP contribution in [0.3, 0.4) is 0 Å². The molecule has 0 saturated carbocycles. The Morgan fingerprint density at radius 2 is 1.40 bits per heavy atom. The molecule has 6 heteroatoms. The molecule has 0 fully saturated rings. The Kier molecular flexibility index (Phi) is 4.97. The second-order valence-electron chi connectivity index (χ2n) is 8.74. The van der Waals surface area contributed by atoms with Gasteiger partial charge in [0.15, 0.2) is 16.9 Å². The first-order valence-corrected chi connectivity index (χ1v) is 11.4. The van der Waals surface area contributed by atoms with E-state index in [-0.39, 0.29) is 11.7 Å². The molecule has 2 aliphatic heterocycles. The van der Waals surface area contributed by atoms with E-state index in [9.17, 15) is 15.0 Å². The molecule has 2 unspecified atom stereocenters. The van der Waals surface area contributed by atoms with Gasteiger partial charge in [-0.3, -0.25) is 9.69 Å². The Bertz CT molecular complexity index is 1350. The summed E-state index contributed by atoms with van der Waals surface area (Å²) in [6.07, 6.45) is -1.10. The fourth-order valence-electron chi connectivity index (χ4n) is 5.12. The highest BCUT2D eigenvalue weighted by Gasteiger charge is 2.61. The van der Waals surface area contributed by atoms with E-state index in [1.165, 1.54) is 12.1 Å². The minimum Gasteiger partial charge on any atom is -0.508 e. The normalized spacial score (nSPS) is 20.3. The van der Waals surface area contributed by atoms with E-state index in [0.717, 1.165) is 11.1 Å². The van der Waals surface area contributed by atoms with Crippen LogP contribution in [0, 0.1) is 0 Å². The summed E-state index contributed by atoms with van der Waals surface area (Å²) in [7, 11) is 0. The van der Waals surface area contributed by atoms with Crippen molar-refractivity contribution in [1.29, 1.82) is 0 Å². The first-order chi connectivity index (χ1) is 17.1. The quantitative estimate of drug-likeness (QED) is 0.452. The highest BCUT2D eigenvalue weighted by molar-refractivity contribution is 6.09. The lowest BCUT2D eigenvalue weighted by molar-refractivity contribution is -0.136. The third-order valence-corrected chi connectivity index (χ3v) is 6.78. The Hall–Kier alpha value is -4.29. The fraction of sp³-hybridized carbons (Fsp3) is 0.138. The second-order valence-corrected chi connectivity index (χ2v) is 8.74. The van der Waals surface area contributed by atoms with Crippen LogP contribution in [0.4, 0.5) is 5.69 Å². The van der Waals surface area contributed by atoms with Gasteiger partial charge >= 0.3 is 0 Å². The third kappa shape index (κ3) is 3.18. The number of nitrogens with zero attached hydrogens (tertiary/aromatic N) is 1. The molecule has 4 aromatic carbocycles. The van der Waals surface area contributed by atoms with Gasteiger partial charge in [-0.15, -0.1) is 0 Å². The van der Waals surface area contributed by atoms with Crippen LogP contribution in [-0.2, 0) is 10.2 Å². The van der Waals surface area contributed by atoms with Crippen molar-refractivity contribution in [3.05, 3.63) is 120 Å². The molecule has 2 aliphatic rings. The number of para-hydroxylation sites is 1. The molecule has 35 heavy (non-hydrogen) atoms. The SMILES string of the molecule is O=C1N(C(c2ccccc2)c2ccccc2)c2ccccc2C1(CO)C1Oc2ccc(O)cc2O1. The molecule has 6 rings (SSSR count). The number of ether oxygens (including phenoxy) is 2. The summed E-state index contributed by atoms with van der Waals surface area (Å²) >= 11 is 0. The van der Waals surface area contributed by atoms with Gasteiger partial charge in [-0.2, -0.15) is 0 Å². The molecular formula is C29H23NO5. The predicted octanol–water partition coefficient (Wildman–Crippen LogP) is 4.56. The average molecular weight is 466 g/mol. The van der Waals surface area contributed by atoms with E-state index in [4.69, 9.17) is 9.47 Å². The standard InChI is InChI=1S/C29H23NO5/c31-18-29(28-34-24-16-15-21(32)17-25(24)35-28)22-13-7-8-14-23(22)30(27(29)33)26(19-9-3-1-4-10-19)20-11-5-2-6-12-20/h1-17,26,28,31-32H,18H2. The molecule has 6 nitrogen and oxygen atoms in total. The topological polar surface area (TPSA) is 79.2 Å². The molecule has 4 aromatic rings. The van der Waals surface area contributed by atoms with E-state index in [0.29, 0.717) is 22.7 Å². The lowest BCUT2D eigenvalue weighted by atomic mass is 9.81. The zero-order valence-electron chi connectivity index (χ0n) is 18.7. The average Bonchev–Trinajstić information content (AvgIpc) is 3.42. The van der Waals surface area contributed by atoms with Crippen molar-refractivity contribution >= 4 is 11.6 Å². The summed E-state index contributed by atoms with van der Waals surface area (Å²) in [5.41, 5.74) is 1.71. The van der Waals surface area contributed by atoms with Crippen LogP contribution in [-0.4, -0.2) is 29.0 Å². The number of benzene rings is 4. The number of amides is 1. The number of phenolic OH excluding ortho intramolecular Hbond substituents is 1. The summed E-state index contributed by atoms with van der Waals surface area (Å²) in [6, 6.07) is 31.2. The van der Waals surface area contributed by atoms with Crippen LogP contribution in [0.1, 0.15) is 22.7 Å². The molecular weight excluding hydrogens is 442 g/mol. The van der Waals surface area contributed by atoms with Crippen LogP contribution in [0.25, 0.3) is 0 Å². The number of rotatable bonds is 5. The monoisotopic (exact) mass is 465 g/mol. The second kappa shape index (κ2) is 8.18. The number of aromatic hydroxyl groups is 1. The maximum atomic E-state index is 14.5. The molecule has 1 amide bonds. The minimum absolute atomic E-state index is 0.0269. The largest absolute Gasteiger partial charge is 0.508 e. The Balaban J connectivity index is 1.52. The van der Waals surface area contributed by atoms with Crippen LogP contribution in [0.5, 0.6) is 17.2 Å². The minimum atomic E-state index is -1.49. The molecule has 2 atom stereocenters. The van der Waals surface area contributed by atoms with Gasteiger partial charge in [0.05, 0.1) is 12.6 Å². The van der Waals surface area contributed by atoms with Crippen LogP contribution in [0.2, 0.25) is 0 Å². The van der Waals surface area contributed by atoms with Crippen molar-refractivity contribution in [2.75, 3.05) is 11.5 Å². The lowest BCUT2D eigenvalue weighted by Gasteiger charge is -2.34. The van der Waals surface area contributed by atoms with Gasteiger partial charge in [-0.1, -0.05) is 78.9 Å². The zero-order chi connectivity index (χ0) is 24.0. The van der Waals surface area contributed by atoms with Crippen molar-refractivity contribution in [2.24, 2.45) is 0 Å².